The first-order chi connectivity index (χ1) is 14.3. The lowest BCUT2D eigenvalue weighted by atomic mass is 9.87. The molecule has 1 aliphatic heterocycles. The van der Waals surface area contributed by atoms with E-state index >= 15 is 0 Å². The van der Waals surface area contributed by atoms with Gasteiger partial charge >= 0.3 is 0 Å². The van der Waals surface area contributed by atoms with E-state index in [1.807, 2.05) is 18.3 Å². The Bertz CT molecular complexity index is 955. The van der Waals surface area contributed by atoms with E-state index in [1.54, 1.807) is 6.33 Å². The molecule has 8 nitrogen and oxygen atoms in total. The lowest BCUT2D eigenvalue weighted by molar-refractivity contribution is 0.0982. The number of nitrogens with zero attached hydrogens (tertiary/aromatic N) is 5. The van der Waals surface area contributed by atoms with Gasteiger partial charge in [0.15, 0.2) is 5.82 Å². The maximum Gasteiger partial charge on any atom is 0.225 e. The van der Waals surface area contributed by atoms with Crippen LogP contribution in [0.15, 0.2) is 30.7 Å². The molecule has 0 radical (unpaired) electrons. The fourth-order valence-electron chi connectivity index (χ4n) is 4.35. The van der Waals surface area contributed by atoms with Gasteiger partial charge < -0.3 is 14.4 Å². The molecule has 2 aliphatic rings. The lowest BCUT2D eigenvalue weighted by Crippen LogP contribution is -2.44. The van der Waals surface area contributed by atoms with E-state index in [2.05, 4.69) is 38.1 Å². The maximum atomic E-state index is 6.44. The zero-order valence-corrected chi connectivity index (χ0v) is 16.6. The molecule has 0 unspecified atom stereocenters. The molecule has 1 saturated heterocycles. The highest BCUT2D eigenvalue weighted by Crippen LogP contribution is 2.35. The Morgan fingerprint density at radius 1 is 1.21 bits per heavy atom. The second-order valence-electron chi connectivity index (χ2n) is 7.92. The van der Waals surface area contributed by atoms with Gasteiger partial charge in [-0.05, 0) is 44.7 Å². The van der Waals surface area contributed by atoms with Gasteiger partial charge in [0, 0.05) is 24.7 Å². The Kier molecular flexibility index (Phi) is 5.01. The summed E-state index contributed by atoms with van der Waals surface area (Å²) in [6.07, 6.45) is 7.62. The molecule has 4 heterocycles. The number of rotatable bonds is 4. The monoisotopic (exact) mass is 394 g/mol. The van der Waals surface area contributed by atoms with E-state index in [0.29, 0.717) is 25.0 Å². The van der Waals surface area contributed by atoms with Crippen LogP contribution in [0, 0.1) is 0 Å². The highest BCUT2D eigenvalue weighted by atomic mass is 16.5. The molecular weight excluding hydrogens is 368 g/mol. The molecule has 0 aromatic carbocycles. The van der Waals surface area contributed by atoms with Crippen molar-refractivity contribution in [1.82, 2.24) is 25.1 Å². The number of nitrogens with one attached hydrogen (secondary N) is 1. The van der Waals surface area contributed by atoms with E-state index in [4.69, 9.17) is 14.5 Å². The zero-order valence-electron chi connectivity index (χ0n) is 16.6. The molecule has 152 valence electrons. The number of anilines is 1. The highest BCUT2D eigenvalue weighted by molar-refractivity contribution is 5.85. The van der Waals surface area contributed by atoms with Crippen LogP contribution in [0.2, 0.25) is 0 Å². The Morgan fingerprint density at radius 3 is 2.90 bits per heavy atom. The average molecular weight is 394 g/mol. The number of aromatic nitrogens is 5. The van der Waals surface area contributed by atoms with Gasteiger partial charge in [-0.1, -0.05) is 0 Å². The molecule has 0 spiro atoms. The summed E-state index contributed by atoms with van der Waals surface area (Å²) < 4.78 is 12.0. The Morgan fingerprint density at radius 2 is 2.10 bits per heavy atom. The van der Waals surface area contributed by atoms with E-state index in [0.717, 1.165) is 54.8 Å². The molecule has 5 rings (SSSR count). The number of H-pyrrole nitrogens is 1. The van der Waals surface area contributed by atoms with Crippen molar-refractivity contribution in [2.75, 3.05) is 24.7 Å². The second-order valence-corrected chi connectivity index (χ2v) is 7.92. The summed E-state index contributed by atoms with van der Waals surface area (Å²) in [7, 11) is 0. The van der Waals surface area contributed by atoms with E-state index in [9.17, 15) is 0 Å². The molecule has 0 amide bonds. The molecule has 2 fully saturated rings. The molecule has 3 aromatic heterocycles. The number of morpholine rings is 1. The fourth-order valence-corrected chi connectivity index (χ4v) is 4.35. The van der Waals surface area contributed by atoms with Gasteiger partial charge in [0.25, 0.3) is 0 Å². The molecule has 0 bridgehead atoms. The van der Waals surface area contributed by atoms with Crippen molar-refractivity contribution in [2.45, 2.75) is 50.7 Å². The van der Waals surface area contributed by atoms with Crippen LogP contribution < -0.4 is 9.64 Å². The molecule has 1 aliphatic carbocycles. The van der Waals surface area contributed by atoms with Gasteiger partial charge in [0.1, 0.15) is 18.2 Å². The molecule has 8 heteroatoms. The van der Waals surface area contributed by atoms with Crippen LogP contribution in [0.3, 0.4) is 0 Å². The van der Waals surface area contributed by atoms with Gasteiger partial charge in [-0.3, -0.25) is 10.1 Å². The standard InChI is InChI=1S/C21H26N6O2/c1-14-12-28-10-9-27(14)19-11-18-17(3-2-8-22-18)21(25-19)29-16-6-4-15(5-7-16)20-23-13-24-26-20/h2-3,8,11,13-16H,4-7,9-10,12H2,1H3,(H,23,24,26)/t14-,15-,16+/m0/s1. The summed E-state index contributed by atoms with van der Waals surface area (Å²) in [6.45, 7) is 4.42. The minimum absolute atomic E-state index is 0.151. The molecule has 29 heavy (non-hydrogen) atoms. The largest absolute Gasteiger partial charge is 0.474 e. The SMILES string of the molecule is C[C@H]1COCCN1c1cc2ncccc2c(O[C@H]2CC[C@@H](c3nc[nH]n3)CC2)n1. The van der Waals surface area contributed by atoms with Crippen LogP contribution in [-0.2, 0) is 4.74 Å². The topological polar surface area (TPSA) is 89.0 Å². The minimum Gasteiger partial charge on any atom is -0.474 e. The summed E-state index contributed by atoms with van der Waals surface area (Å²) in [6, 6.07) is 6.32. The average Bonchev–Trinajstić information content (AvgIpc) is 3.29. The van der Waals surface area contributed by atoms with Crippen molar-refractivity contribution < 1.29 is 9.47 Å². The summed E-state index contributed by atoms with van der Waals surface area (Å²) in [4.78, 5) is 16.1. The van der Waals surface area contributed by atoms with Crippen LogP contribution in [0.25, 0.3) is 10.9 Å². The van der Waals surface area contributed by atoms with Crippen LogP contribution in [0.5, 0.6) is 5.88 Å². The van der Waals surface area contributed by atoms with Gasteiger partial charge in [-0.25, -0.2) is 4.98 Å². The first kappa shape index (κ1) is 18.3. The number of ether oxygens (including phenoxy) is 2. The van der Waals surface area contributed by atoms with Crippen molar-refractivity contribution >= 4 is 16.7 Å². The number of fused-ring (bicyclic) bond motifs is 1. The third-order valence-electron chi connectivity index (χ3n) is 5.96. The second kappa shape index (κ2) is 7.94. The predicted octanol–water partition coefficient (Wildman–Crippen LogP) is 3.08. The lowest BCUT2D eigenvalue weighted by Gasteiger charge is -2.34. The summed E-state index contributed by atoms with van der Waals surface area (Å²) in [5.74, 6) is 2.93. The molecule has 1 N–H and O–H groups in total. The third-order valence-corrected chi connectivity index (χ3v) is 5.96. The predicted molar refractivity (Wildman–Crippen MR) is 109 cm³/mol. The van der Waals surface area contributed by atoms with Crippen LogP contribution in [0.4, 0.5) is 5.82 Å². The van der Waals surface area contributed by atoms with E-state index < -0.39 is 0 Å². The van der Waals surface area contributed by atoms with Gasteiger partial charge in [0.05, 0.1) is 30.2 Å². The molecule has 1 saturated carbocycles. The third kappa shape index (κ3) is 3.76. The van der Waals surface area contributed by atoms with Crippen LogP contribution in [0.1, 0.15) is 44.3 Å². The summed E-state index contributed by atoms with van der Waals surface area (Å²) >= 11 is 0. The fraction of sp³-hybridized carbons (Fsp3) is 0.524. The Balaban J connectivity index is 1.37. The van der Waals surface area contributed by atoms with Crippen molar-refractivity contribution in [3.8, 4) is 5.88 Å². The van der Waals surface area contributed by atoms with E-state index in [-0.39, 0.29) is 12.1 Å². The van der Waals surface area contributed by atoms with Crippen LogP contribution >= 0.6 is 0 Å². The molecule has 3 aromatic rings. The highest BCUT2D eigenvalue weighted by Gasteiger charge is 2.27. The summed E-state index contributed by atoms with van der Waals surface area (Å²) in [5, 5.41) is 8.03. The number of hydrogen-bond acceptors (Lipinski definition) is 7. The Labute approximate surface area is 169 Å². The van der Waals surface area contributed by atoms with Crippen LogP contribution in [-0.4, -0.2) is 57.1 Å². The Hall–Kier alpha value is -2.74. The van der Waals surface area contributed by atoms with Crippen molar-refractivity contribution in [3.05, 3.63) is 36.5 Å². The normalized spacial score (nSPS) is 25.3. The molecular formula is C21H26N6O2. The van der Waals surface area contributed by atoms with Crippen molar-refractivity contribution in [1.29, 1.82) is 0 Å². The van der Waals surface area contributed by atoms with Gasteiger partial charge in [0.2, 0.25) is 5.88 Å². The number of pyridine rings is 2. The zero-order chi connectivity index (χ0) is 19.6. The van der Waals surface area contributed by atoms with Gasteiger partial charge in [-0.2, -0.15) is 10.1 Å². The smallest absolute Gasteiger partial charge is 0.225 e. The van der Waals surface area contributed by atoms with E-state index in [1.165, 1.54) is 0 Å². The number of aromatic amines is 1. The van der Waals surface area contributed by atoms with Gasteiger partial charge in [-0.15, -0.1) is 0 Å². The first-order valence-corrected chi connectivity index (χ1v) is 10.4. The number of hydrogen-bond donors (Lipinski definition) is 1. The quantitative estimate of drug-likeness (QED) is 0.727. The first-order valence-electron chi connectivity index (χ1n) is 10.4. The maximum absolute atomic E-state index is 6.44. The minimum atomic E-state index is 0.151. The summed E-state index contributed by atoms with van der Waals surface area (Å²) in [5.41, 5.74) is 0.917. The van der Waals surface area contributed by atoms with Crippen molar-refractivity contribution in [3.63, 3.8) is 0 Å². The molecule has 1 atom stereocenters. The van der Waals surface area contributed by atoms with Crippen molar-refractivity contribution in [2.24, 2.45) is 0 Å².